The number of hydrogen-bond acceptors (Lipinski definition) is 3. The van der Waals surface area contributed by atoms with Crippen LogP contribution in [0.4, 0.5) is 5.69 Å². The number of carbonyl (C=O) groups excluding carboxylic acids is 1. The SMILES string of the molecule is CC1CCCCN1C(=O)c1cc2cc(N)ccc2o1. The number of amides is 1. The molecule has 1 fully saturated rings. The van der Waals surface area contributed by atoms with Crippen molar-refractivity contribution in [3.05, 3.63) is 30.0 Å². The molecule has 1 aromatic carbocycles. The van der Waals surface area contributed by atoms with Crippen molar-refractivity contribution < 1.29 is 9.21 Å². The van der Waals surface area contributed by atoms with Crippen LogP contribution in [0.15, 0.2) is 28.7 Å². The molecule has 1 atom stereocenters. The van der Waals surface area contributed by atoms with Gasteiger partial charge in [0.2, 0.25) is 0 Å². The fourth-order valence-corrected chi connectivity index (χ4v) is 2.71. The normalized spacial score (nSPS) is 19.8. The largest absolute Gasteiger partial charge is 0.451 e. The third-order valence-corrected chi connectivity index (χ3v) is 3.81. The molecule has 0 spiro atoms. The zero-order valence-corrected chi connectivity index (χ0v) is 11.1. The minimum atomic E-state index is -0.0121. The van der Waals surface area contributed by atoms with Gasteiger partial charge in [-0.2, -0.15) is 0 Å². The van der Waals surface area contributed by atoms with Crippen LogP contribution in [0.25, 0.3) is 11.0 Å². The highest BCUT2D eigenvalue weighted by Gasteiger charge is 2.26. The maximum Gasteiger partial charge on any atom is 0.289 e. The highest BCUT2D eigenvalue weighted by molar-refractivity contribution is 5.96. The van der Waals surface area contributed by atoms with Crippen molar-refractivity contribution in [2.75, 3.05) is 12.3 Å². The second-order valence-corrected chi connectivity index (χ2v) is 5.25. The minimum absolute atomic E-state index is 0.0121. The second kappa shape index (κ2) is 4.61. The Morgan fingerprint density at radius 2 is 2.21 bits per heavy atom. The van der Waals surface area contributed by atoms with Crippen LogP contribution < -0.4 is 5.73 Å². The van der Waals surface area contributed by atoms with Crippen LogP contribution in [0, 0.1) is 0 Å². The van der Waals surface area contributed by atoms with Gasteiger partial charge in [-0.1, -0.05) is 0 Å². The molecule has 4 heteroatoms. The molecular weight excluding hydrogens is 240 g/mol. The molecule has 3 rings (SSSR count). The van der Waals surface area contributed by atoms with E-state index in [1.165, 1.54) is 6.42 Å². The van der Waals surface area contributed by atoms with Gasteiger partial charge in [-0.25, -0.2) is 0 Å². The first-order valence-electron chi connectivity index (χ1n) is 6.75. The molecule has 4 nitrogen and oxygen atoms in total. The maximum atomic E-state index is 12.5. The Hall–Kier alpha value is -1.97. The second-order valence-electron chi connectivity index (χ2n) is 5.25. The molecule has 0 saturated carbocycles. The average Bonchev–Trinajstić information content (AvgIpc) is 2.81. The maximum absolute atomic E-state index is 12.5. The van der Waals surface area contributed by atoms with Gasteiger partial charge in [-0.3, -0.25) is 4.79 Å². The first kappa shape index (κ1) is 12.1. The number of likely N-dealkylation sites (tertiary alicyclic amines) is 1. The molecule has 2 aromatic rings. The molecule has 1 aromatic heterocycles. The van der Waals surface area contributed by atoms with Crippen LogP contribution in [0.2, 0.25) is 0 Å². The lowest BCUT2D eigenvalue weighted by Crippen LogP contribution is -2.41. The number of carbonyl (C=O) groups is 1. The van der Waals surface area contributed by atoms with Crippen molar-refractivity contribution in [3.8, 4) is 0 Å². The van der Waals surface area contributed by atoms with Crippen molar-refractivity contribution in [1.82, 2.24) is 4.90 Å². The third-order valence-electron chi connectivity index (χ3n) is 3.81. The number of rotatable bonds is 1. The lowest BCUT2D eigenvalue weighted by Gasteiger charge is -2.32. The zero-order chi connectivity index (χ0) is 13.4. The van der Waals surface area contributed by atoms with Crippen LogP contribution in [-0.4, -0.2) is 23.4 Å². The molecule has 2 heterocycles. The van der Waals surface area contributed by atoms with Crippen LogP contribution in [0.1, 0.15) is 36.7 Å². The average molecular weight is 258 g/mol. The van der Waals surface area contributed by atoms with Gasteiger partial charge in [0.25, 0.3) is 5.91 Å². The van der Waals surface area contributed by atoms with E-state index >= 15 is 0 Å². The van der Waals surface area contributed by atoms with Gasteiger partial charge < -0.3 is 15.1 Å². The summed E-state index contributed by atoms with van der Waals surface area (Å²) < 4.78 is 5.64. The van der Waals surface area contributed by atoms with Crippen LogP contribution >= 0.6 is 0 Å². The predicted molar refractivity (Wildman–Crippen MR) is 75.0 cm³/mol. The summed E-state index contributed by atoms with van der Waals surface area (Å²) >= 11 is 0. The van der Waals surface area contributed by atoms with Crippen molar-refractivity contribution in [2.45, 2.75) is 32.2 Å². The quantitative estimate of drug-likeness (QED) is 0.800. The van der Waals surface area contributed by atoms with E-state index in [2.05, 4.69) is 6.92 Å². The molecule has 1 saturated heterocycles. The molecule has 1 aliphatic heterocycles. The summed E-state index contributed by atoms with van der Waals surface area (Å²) in [5, 5.41) is 0.882. The lowest BCUT2D eigenvalue weighted by molar-refractivity contribution is 0.0605. The molecule has 2 N–H and O–H groups in total. The Morgan fingerprint density at radius 3 is 3.00 bits per heavy atom. The Balaban J connectivity index is 1.92. The van der Waals surface area contributed by atoms with E-state index in [0.29, 0.717) is 23.1 Å². The molecular formula is C15H18N2O2. The van der Waals surface area contributed by atoms with E-state index in [0.717, 1.165) is 24.8 Å². The van der Waals surface area contributed by atoms with E-state index in [1.807, 2.05) is 11.0 Å². The summed E-state index contributed by atoms with van der Waals surface area (Å²) in [6.45, 7) is 2.91. The lowest BCUT2D eigenvalue weighted by atomic mass is 10.0. The first-order valence-corrected chi connectivity index (χ1v) is 6.75. The smallest absolute Gasteiger partial charge is 0.289 e. The van der Waals surface area contributed by atoms with Crippen LogP contribution in [-0.2, 0) is 0 Å². The van der Waals surface area contributed by atoms with Gasteiger partial charge in [0.15, 0.2) is 5.76 Å². The molecule has 0 aliphatic carbocycles. The van der Waals surface area contributed by atoms with Crippen molar-refractivity contribution in [2.24, 2.45) is 0 Å². The van der Waals surface area contributed by atoms with E-state index in [-0.39, 0.29) is 5.91 Å². The molecule has 0 bridgehead atoms. The van der Waals surface area contributed by atoms with E-state index in [4.69, 9.17) is 10.2 Å². The summed E-state index contributed by atoms with van der Waals surface area (Å²) in [5.41, 5.74) is 7.13. The van der Waals surface area contributed by atoms with Crippen LogP contribution in [0.5, 0.6) is 0 Å². The Morgan fingerprint density at radius 1 is 1.37 bits per heavy atom. The minimum Gasteiger partial charge on any atom is -0.451 e. The summed E-state index contributed by atoms with van der Waals surface area (Å²) in [7, 11) is 0. The molecule has 1 unspecified atom stereocenters. The predicted octanol–water partition coefficient (Wildman–Crippen LogP) is 3.03. The fourth-order valence-electron chi connectivity index (χ4n) is 2.71. The third kappa shape index (κ3) is 2.18. The summed E-state index contributed by atoms with van der Waals surface area (Å²) in [6.07, 6.45) is 3.34. The Bertz CT molecular complexity index is 618. The number of anilines is 1. The molecule has 19 heavy (non-hydrogen) atoms. The molecule has 100 valence electrons. The fraction of sp³-hybridized carbons (Fsp3) is 0.400. The van der Waals surface area contributed by atoms with Crippen LogP contribution in [0.3, 0.4) is 0 Å². The molecule has 0 radical (unpaired) electrons. The van der Waals surface area contributed by atoms with Gasteiger partial charge >= 0.3 is 0 Å². The summed E-state index contributed by atoms with van der Waals surface area (Å²) in [6, 6.07) is 7.49. The monoisotopic (exact) mass is 258 g/mol. The Labute approximate surface area is 112 Å². The number of benzene rings is 1. The van der Waals surface area contributed by atoms with Crippen molar-refractivity contribution in [1.29, 1.82) is 0 Å². The zero-order valence-electron chi connectivity index (χ0n) is 11.1. The number of nitrogens with zero attached hydrogens (tertiary/aromatic N) is 1. The Kier molecular flexibility index (Phi) is 2.93. The number of hydrogen-bond donors (Lipinski definition) is 1. The van der Waals surface area contributed by atoms with Gasteiger partial charge in [0, 0.05) is 23.7 Å². The number of piperidine rings is 1. The molecule has 1 aliphatic rings. The van der Waals surface area contributed by atoms with E-state index in [9.17, 15) is 4.79 Å². The number of fused-ring (bicyclic) bond motifs is 1. The van der Waals surface area contributed by atoms with E-state index < -0.39 is 0 Å². The van der Waals surface area contributed by atoms with E-state index in [1.54, 1.807) is 18.2 Å². The number of nitrogens with two attached hydrogens (primary N) is 1. The summed E-state index contributed by atoms with van der Waals surface area (Å²) in [5.74, 6) is 0.399. The molecule has 1 amide bonds. The topological polar surface area (TPSA) is 59.5 Å². The van der Waals surface area contributed by atoms with Crippen molar-refractivity contribution in [3.63, 3.8) is 0 Å². The number of nitrogen functional groups attached to an aromatic ring is 1. The van der Waals surface area contributed by atoms with Crippen molar-refractivity contribution >= 4 is 22.6 Å². The van der Waals surface area contributed by atoms with Gasteiger partial charge in [-0.05, 0) is 50.5 Å². The highest BCUT2D eigenvalue weighted by atomic mass is 16.3. The standard InChI is InChI=1S/C15H18N2O2/c1-10-4-2-3-7-17(10)15(18)14-9-11-8-12(16)5-6-13(11)19-14/h5-6,8-10H,2-4,7,16H2,1H3. The summed E-state index contributed by atoms with van der Waals surface area (Å²) in [4.78, 5) is 14.4. The number of furan rings is 1. The van der Waals surface area contributed by atoms with Gasteiger partial charge in [0.1, 0.15) is 5.58 Å². The highest BCUT2D eigenvalue weighted by Crippen LogP contribution is 2.25. The van der Waals surface area contributed by atoms with Gasteiger partial charge in [0.05, 0.1) is 0 Å². The van der Waals surface area contributed by atoms with Gasteiger partial charge in [-0.15, -0.1) is 0 Å². The first-order chi connectivity index (χ1) is 9.15.